The van der Waals surface area contributed by atoms with Crippen LogP contribution in [0, 0.1) is 6.92 Å². The highest BCUT2D eigenvalue weighted by molar-refractivity contribution is 6.10. The average molecular weight is 430 g/mol. The lowest BCUT2D eigenvalue weighted by atomic mass is 10.1. The molecule has 2 aromatic heterocycles. The number of aromatic nitrogens is 3. The van der Waals surface area contributed by atoms with Gasteiger partial charge in [-0.1, -0.05) is 0 Å². The largest absolute Gasteiger partial charge is 0.497 e. The third kappa shape index (κ3) is 4.54. The van der Waals surface area contributed by atoms with E-state index in [9.17, 15) is 0 Å². The van der Waals surface area contributed by atoms with Gasteiger partial charge in [-0.2, -0.15) is 5.10 Å². The zero-order valence-corrected chi connectivity index (χ0v) is 18.8. The van der Waals surface area contributed by atoms with Gasteiger partial charge in [0.25, 0.3) is 0 Å². The van der Waals surface area contributed by atoms with Crippen molar-refractivity contribution in [1.29, 1.82) is 0 Å². The van der Waals surface area contributed by atoms with Crippen molar-refractivity contribution >= 4 is 52.4 Å². The molecule has 1 N–H and O–H groups in total. The molecule has 0 saturated carbocycles. The second-order valence-corrected chi connectivity index (χ2v) is 6.70. The molecule has 0 radical (unpaired) electrons. The highest BCUT2D eigenvalue weighted by atomic mass is 35.5. The number of fused-ring (bicyclic) bond motifs is 2. The van der Waals surface area contributed by atoms with E-state index in [2.05, 4.69) is 29.4 Å². The van der Waals surface area contributed by atoms with E-state index < -0.39 is 0 Å². The Kier molecular flexibility index (Phi) is 8.60. The molecule has 0 amide bonds. The van der Waals surface area contributed by atoms with Gasteiger partial charge in [-0.25, -0.2) is 4.98 Å². The number of hydrogen-bond acceptors (Lipinski definition) is 6. The van der Waals surface area contributed by atoms with E-state index in [1.54, 1.807) is 14.2 Å². The van der Waals surface area contributed by atoms with Gasteiger partial charge in [-0.3, -0.25) is 4.68 Å². The van der Waals surface area contributed by atoms with Gasteiger partial charge in [-0.15, -0.1) is 24.8 Å². The molecule has 0 aliphatic rings. The second-order valence-electron chi connectivity index (χ2n) is 6.70. The number of nitrogens with one attached hydrogen (secondary N) is 1. The number of aryl methyl sites for hydroxylation is 2. The van der Waals surface area contributed by atoms with Crippen molar-refractivity contribution in [2.24, 2.45) is 7.05 Å². The van der Waals surface area contributed by atoms with E-state index in [0.29, 0.717) is 0 Å². The summed E-state index contributed by atoms with van der Waals surface area (Å²) in [7, 11) is 9.40. The molecule has 0 aliphatic heterocycles. The molecule has 2 heterocycles. The second kappa shape index (κ2) is 10.0. The molecule has 0 saturated heterocycles. The topological polar surface area (TPSA) is 64.4 Å². The fraction of sp³-hybridized carbons (Fsp3) is 0.474. The van der Waals surface area contributed by atoms with E-state index in [4.69, 9.17) is 14.5 Å². The Bertz CT molecular complexity index is 943. The molecule has 3 aromatic rings. The summed E-state index contributed by atoms with van der Waals surface area (Å²) in [6, 6.07) is 3.83. The summed E-state index contributed by atoms with van der Waals surface area (Å²) in [5.74, 6) is 1.46. The monoisotopic (exact) mass is 429 g/mol. The molecule has 28 heavy (non-hydrogen) atoms. The molecular weight excluding hydrogens is 401 g/mol. The molecule has 0 fully saturated rings. The molecule has 0 spiro atoms. The summed E-state index contributed by atoms with van der Waals surface area (Å²) in [5, 5.41) is 10.2. The fourth-order valence-corrected chi connectivity index (χ4v) is 3.29. The predicted octanol–water partition coefficient (Wildman–Crippen LogP) is 3.65. The molecule has 0 atom stereocenters. The summed E-state index contributed by atoms with van der Waals surface area (Å²) in [6.07, 6.45) is 1.04. The molecule has 3 rings (SSSR count). The Morgan fingerprint density at radius 1 is 1.11 bits per heavy atom. The van der Waals surface area contributed by atoms with Crippen LogP contribution in [0.5, 0.6) is 11.5 Å². The van der Waals surface area contributed by atoms with E-state index in [1.807, 2.05) is 30.8 Å². The average Bonchev–Trinajstić information content (AvgIpc) is 2.90. The van der Waals surface area contributed by atoms with Crippen LogP contribution in [-0.2, 0) is 7.05 Å². The zero-order chi connectivity index (χ0) is 18.8. The fourth-order valence-electron chi connectivity index (χ4n) is 3.29. The first kappa shape index (κ1) is 24.1. The van der Waals surface area contributed by atoms with Crippen molar-refractivity contribution in [3.05, 3.63) is 17.8 Å². The summed E-state index contributed by atoms with van der Waals surface area (Å²) >= 11 is 0. The molecule has 156 valence electrons. The van der Waals surface area contributed by atoms with Crippen molar-refractivity contribution < 1.29 is 9.47 Å². The van der Waals surface area contributed by atoms with Crippen LogP contribution in [0.4, 0.5) is 5.69 Å². The number of hydrogen-bond donors (Lipinski definition) is 1. The van der Waals surface area contributed by atoms with Crippen LogP contribution in [0.2, 0.25) is 0 Å². The van der Waals surface area contributed by atoms with Crippen molar-refractivity contribution in [2.45, 2.75) is 13.3 Å². The first-order chi connectivity index (χ1) is 12.5. The van der Waals surface area contributed by atoms with Crippen LogP contribution in [0.25, 0.3) is 21.9 Å². The first-order valence-electron chi connectivity index (χ1n) is 8.74. The molecule has 0 unspecified atom stereocenters. The van der Waals surface area contributed by atoms with Crippen molar-refractivity contribution in [1.82, 2.24) is 19.7 Å². The third-order valence-corrected chi connectivity index (χ3v) is 4.51. The summed E-state index contributed by atoms with van der Waals surface area (Å²) in [4.78, 5) is 7.01. The molecule has 1 aromatic carbocycles. The SMILES string of the molecule is COc1cc(OC)c2c(NCCCN(C)C)c3c(C)nn(C)c3nc2c1.Cl.Cl. The number of rotatable bonds is 7. The number of anilines is 1. The van der Waals surface area contributed by atoms with Gasteiger partial charge in [0.05, 0.1) is 41.9 Å². The Morgan fingerprint density at radius 2 is 1.82 bits per heavy atom. The molecule has 9 heteroatoms. The molecule has 0 aliphatic carbocycles. The lowest BCUT2D eigenvalue weighted by Crippen LogP contribution is -2.16. The predicted molar refractivity (Wildman–Crippen MR) is 120 cm³/mol. The first-order valence-corrected chi connectivity index (χ1v) is 8.74. The minimum absolute atomic E-state index is 0. The Balaban J connectivity index is 0.00000196. The Hall–Kier alpha value is -1.96. The molecular formula is C19H29Cl2N5O2. The van der Waals surface area contributed by atoms with E-state index in [0.717, 1.165) is 64.3 Å². The van der Waals surface area contributed by atoms with Crippen LogP contribution < -0.4 is 14.8 Å². The number of benzene rings is 1. The van der Waals surface area contributed by atoms with Gasteiger partial charge in [0.15, 0.2) is 5.65 Å². The quantitative estimate of drug-likeness (QED) is 0.578. The highest BCUT2D eigenvalue weighted by Gasteiger charge is 2.19. The van der Waals surface area contributed by atoms with Crippen molar-refractivity contribution in [3.8, 4) is 11.5 Å². The summed E-state index contributed by atoms with van der Waals surface area (Å²) in [6.45, 7) is 3.89. The Morgan fingerprint density at radius 3 is 2.43 bits per heavy atom. The van der Waals surface area contributed by atoms with Gasteiger partial charge in [0, 0.05) is 25.7 Å². The van der Waals surface area contributed by atoms with Gasteiger partial charge in [-0.05, 0) is 34.0 Å². The maximum absolute atomic E-state index is 5.66. The summed E-state index contributed by atoms with van der Waals surface area (Å²) < 4.78 is 12.9. The zero-order valence-electron chi connectivity index (χ0n) is 17.2. The minimum atomic E-state index is 0. The number of halogens is 2. The third-order valence-electron chi connectivity index (χ3n) is 4.51. The highest BCUT2D eigenvalue weighted by Crippen LogP contribution is 2.40. The van der Waals surface area contributed by atoms with Gasteiger partial charge in [0.2, 0.25) is 0 Å². The Labute approximate surface area is 178 Å². The smallest absolute Gasteiger partial charge is 0.160 e. The number of nitrogens with zero attached hydrogens (tertiary/aromatic N) is 4. The van der Waals surface area contributed by atoms with Crippen LogP contribution in [0.1, 0.15) is 12.1 Å². The summed E-state index contributed by atoms with van der Waals surface area (Å²) in [5.41, 5.74) is 3.64. The number of methoxy groups -OCH3 is 2. The van der Waals surface area contributed by atoms with Gasteiger partial charge < -0.3 is 19.7 Å². The normalized spacial score (nSPS) is 10.7. The van der Waals surface area contributed by atoms with E-state index in [1.165, 1.54) is 0 Å². The van der Waals surface area contributed by atoms with Crippen LogP contribution >= 0.6 is 24.8 Å². The van der Waals surface area contributed by atoms with Gasteiger partial charge >= 0.3 is 0 Å². The van der Waals surface area contributed by atoms with E-state index >= 15 is 0 Å². The maximum atomic E-state index is 5.66. The lowest BCUT2D eigenvalue weighted by Gasteiger charge is -2.16. The maximum Gasteiger partial charge on any atom is 0.160 e. The van der Waals surface area contributed by atoms with Crippen molar-refractivity contribution in [3.63, 3.8) is 0 Å². The molecule has 0 bridgehead atoms. The molecule has 7 nitrogen and oxygen atoms in total. The van der Waals surface area contributed by atoms with Crippen LogP contribution in [0.3, 0.4) is 0 Å². The van der Waals surface area contributed by atoms with E-state index in [-0.39, 0.29) is 24.8 Å². The van der Waals surface area contributed by atoms with Crippen LogP contribution in [-0.4, -0.2) is 61.1 Å². The van der Waals surface area contributed by atoms with Crippen molar-refractivity contribution in [2.75, 3.05) is 46.7 Å². The van der Waals surface area contributed by atoms with Crippen LogP contribution in [0.15, 0.2) is 12.1 Å². The van der Waals surface area contributed by atoms with Gasteiger partial charge in [0.1, 0.15) is 11.5 Å². The number of pyridine rings is 1. The lowest BCUT2D eigenvalue weighted by molar-refractivity contribution is 0.398. The number of ether oxygens (including phenoxy) is 2. The minimum Gasteiger partial charge on any atom is -0.497 e. The standard InChI is InChI=1S/C19H27N5O2.2ClH/c1-12-16-18(20-8-7-9-23(2)3)17-14(21-19(16)24(4)22-12)10-13(25-5)11-15(17)26-6;;/h10-11H,7-9H2,1-6H3,(H,20,21);2*1H.